The van der Waals surface area contributed by atoms with Crippen molar-refractivity contribution in [2.75, 3.05) is 39.8 Å². The fraction of sp³-hybridized carbons (Fsp3) is 0.579. The normalized spacial score (nSPS) is 21.6. The van der Waals surface area contributed by atoms with Gasteiger partial charge in [-0.1, -0.05) is 18.2 Å². The zero-order valence-electron chi connectivity index (χ0n) is 17.4. The number of carbonyl (C=O) groups is 2. The van der Waals surface area contributed by atoms with E-state index in [9.17, 15) is 30.7 Å². The van der Waals surface area contributed by atoms with Crippen LogP contribution < -0.4 is 0 Å². The highest BCUT2D eigenvalue weighted by atomic mass is 19.4. The summed E-state index contributed by atoms with van der Waals surface area (Å²) in [6.07, 6.45) is -9.85. The van der Waals surface area contributed by atoms with Gasteiger partial charge >= 0.3 is 24.3 Å². The topological polar surface area (TPSA) is 90.3 Å². The first-order chi connectivity index (χ1) is 15.1. The van der Waals surface area contributed by atoms with Crippen molar-refractivity contribution < 1.29 is 55.3 Å². The van der Waals surface area contributed by atoms with Crippen molar-refractivity contribution in [3.8, 4) is 0 Å². The molecule has 3 rings (SSSR count). The zero-order chi connectivity index (χ0) is 25.4. The molecule has 2 aliphatic heterocycles. The van der Waals surface area contributed by atoms with Crippen LogP contribution in [0.1, 0.15) is 5.56 Å². The number of benzene rings is 1. The Kier molecular flexibility index (Phi) is 10.5. The molecule has 2 heterocycles. The largest absolute Gasteiger partial charge is 0.490 e. The highest BCUT2D eigenvalue weighted by Crippen LogP contribution is 2.25. The molecule has 2 atom stereocenters. The van der Waals surface area contributed by atoms with E-state index in [0.29, 0.717) is 18.6 Å². The van der Waals surface area contributed by atoms with Gasteiger partial charge in [0, 0.05) is 44.2 Å². The maximum atomic E-state index is 13.7. The minimum Gasteiger partial charge on any atom is -0.475 e. The second-order valence-corrected chi connectivity index (χ2v) is 7.32. The Labute approximate surface area is 184 Å². The summed E-state index contributed by atoms with van der Waals surface area (Å²) < 4.78 is 83.1. The Balaban J connectivity index is 0.000000324. The van der Waals surface area contributed by atoms with Gasteiger partial charge in [-0.3, -0.25) is 4.90 Å². The molecule has 0 radical (unpaired) electrons. The number of halogens is 7. The van der Waals surface area contributed by atoms with Crippen LogP contribution in [0, 0.1) is 11.7 Å². The van der Waals surface area contributed by atoms with Gasteiger partial charge in [-0.25, -0.2) is 14.0 Å². The summed E-state index contributed by atoms with van der Waals surface area (Å²) in [4.78, 5) is 22.4. The van der Waals surface area contributed by atoms with Gasteiger partial charge in [0.15, 0.2) is 0 Å². The van der Waals surface area contributed by atoms with Gasteiger partial charge in [0.25, 0.3) is 0 Å². The number of carboxylic acid groups (broad SMARTS) is 2. The van der Waals surface area contributed by atoms with E-state index in [1.54, 1.807) is 6.07 Å². The van der Waals surface area contributed by atoms with Crippen LogP contribution in [0.2, 0.25) is 0 Å². The van der Waals surface area contributed by atoms with Gasteiger partial charge in [0.1, 0.15) is 5.82 Å². The monoisotopic (exact) mass is 492 g/mol. The summed E-state index contributed by atoms with van der Waals surface area (Å²) in [7, 11) is 2.14. The van der Waals surface area contributed by atoms with Gasteiger partial charge in [-0.15, -0.1) is 0 Å². The number of nitrogens with zero attached hydrogens (tertiary/aromatic N) is 2. The van der Waals surface area contributed by atoms with E-state index in [4.69, 9.17) is 24.5 Å². The van der Waals surface area contributed by atoms with Crippen LogP contribution in [0.25, 0.3) is 0 Å². The molecule has 7 nitrogen and oxygen atoms in total. The standard InChI is InChI=1S/C15H21FN2O.2C2HF3O2/c1-17-6-7-19-15-11-18(10-13(15)8-17)9-12-4-2-3-5-14(12)16;2*3-2(4,5)1(6)7/h2-5,13,15H,6-11H2,1H3;2*(H,6,7)/t13-,15+;;/m0../s1. The minimum absolute atomic E-state index is 0.104. The van der Waals surface area contributed by atoms with E-state index in [1.807, 2.05) is 12.1 Å². The van der Waals surface area contributed by atoms with Crippen molar-refractivity contribution in [1.29, 1.82) is 0 Å². The lowest BCUT2D eigenvalue weighted by atomic mass is 10.1. The lowest BCUT2D eigenvalue weighted by molar-refractivity contribution is -0.193. The highest BCUT2D eigenvalue weighted by molar-refractivity contribution is 5.73. The Bertz CT molecular complexity index is 765. The highest BCUT2D eigenvalue weighted by Gasteiger charge is 2.39. The van der Waals surface area contributed by atoms with E-state index in [2.05, 4.69) is 16.8 Å². The average molecular weight is 492 g/mol. The van der Waals surface area contributed by atoms with Gasteiger partial charge in [-0.05, 0) is 13.1 Å². The van der Waals surface area contributed by atoms with E-state index >= 15 is 0 Å². The molecule has 33 heavy (non-hydrogen) atoms. The zero-order valence-corrected chi connectivity index (χ0v) is 17.4. The maximum absolute atomic E-state index is 13.7. The third kappa shape index (κ3) is 10.4. The Morgan fingerprint density at radius 1 is 1.00 bits per heavy atom. The Hall–Kier alpha value is -2.45. The number of aliphatic carboxylic acids is 2. The summed E-state index contributed by atoms with van der Waals surface area (Å²) in [6.45, 7) is 5.52. The number of alkyl halides is 6. The smallest absolute Gasteiger partial charge is 0.475 e. The van der Waals surface area contributed by atoms with Crippen LogP contribution in [0.4, 0.5) is 30.7 Å². The predicted molar refractivity (Wildman–Crippen MR) is 99.8 cm³/mol. The molecule has 0 aliphatic carbocycles. The molecule has 0 unspecified atom stereocenters. The number of likely N-dealkylation sites (tertiary alicyclic amines) is 1. The lowest BCUT2D eigenvalue weighted by Crippen LogP contribution is -2.29. The molecule has 188 valence electrons. The van der Waals surface area contributed by atoms with E-state index < -0.39 is 24.3 Å². The third-order valence-corrected chi connectivity index (χ3v) is 4.64. The van der Waals surface area contributed by atoms with Gasteiger partial charge in [0.05, 0.1) is 12.7 Å². The fourth-order valence-corrected chi connectivity index (χ4v) is 3.14. The predicted octanol–water partition coefficient (Wildman–Crippen LogP) is 2.85. The van der Waals surface area contributed by atoms with Crippen molar-refractivity contribution >= 4 is 11.9 Å². The van der Waals surface area contributed by atoms with Crippen LogP contribution >= 0.6 is 0 Å². The first-order valence-corrected chi connectivity index (χ1v) is 9.47. The molecule has 2 fully saturated rings. The molecule has 0 spiro atoms. The quantitative estimate of drug-likeness (QED) is 0.614. The molecule has 2 N–H and O–H groups in total. The summed E-state index contributed by atoms with van der Waals surface area (Å²) in [5.41, 5.74) is 0.785. The van der Waals surface area contributed by atoms with E-state index in [0.717, 1.165) is 38.3 Å². The first kappa shape index (κ1) is 28.6. The average Bonchev–Trinajstić information content (AvgIpc) is 2.95. The molecule has 0 saturated carbocycles. The van der Waals surface area contributed by atoms with Crippen molar-refractivity contribution in [2.24, 2.45) is 5.92 Å². The number of carboxylic acids is 2. The summed E-state index contributed by atoms with van der Waals surface area (Å²) >= 11 is 0. The second-order valence-electron chi connectivity index (χ2n) is 7.32. The number of fused-ring (bicyclic) bond motifs is 1. The minimum atomic E-state index is -5.08. The van der Waals surface area contributed by atoms with Crippen molar-refractivity contribution in [3.05, 3.63) is 35.6 Å². The molecule has 2 saturated heterocycles. The fourth-order valence-electron chi connectivity index (χ4n) is 3.14. The molecule has 0 aromatic heterocycles. The van der Waals surface area contributed by atoms with Crippen molar-refractivity contribution in [2.45, 2.75) is 25.0 Å². The van der Waals surface area contributed by atoms with Crippen LogP contribution in [-0.2, 0) is 20.9 Å². The second kappa shape index (κ2) is 12.1. The van der Waals surface area contributed by atoms with E-state index in [1.165, 1.54) is 6.07 Å². The summed E-state index contributed by atoms with van der Waals surface area (Å²) in [6, 6.07) is 7.05. The maximum Gasteiger partial charge on any atom is 0.490 e. The van der Waals surface area contributed by atoms with Gasteiger partial charge in [0.2, 0.25) is 0 Å². The molecule has 0 bridgehead atoms. The van der Waals surface area contributed by atoms with Crippen LogP contribution in [0.3, 0.4) is 0 Å². The number of hydrogen-bond acceptors (Lipinski definition) is 5. The number of likely N-dealkylation sites (N-methyl/N-ethyl adjacent to an activating group) is 1. The molecule has 0 amide bonds. The van der Waals surface area contributed by atoms with Crippen molar-refractivity contribution in [3.63, 3.8) is 0 Å². The molecule has 14 heteroatoms. The van der Waals surface area contributed by atoms with E-state index in [-0.39, 0.29) is 5.82 Å². The van der Waals surface area contributed by atoms with Gasteiger partial charge < -0.3 is 19.8 Å². The molecular formula is C19H23F7N2O5. The Morgan fingerprint density at radius 2 is 1.52 bits per heavy atom. The summed E-state index contributed by atoms with van der Waals surface area (Å²) in [5, 5.41) is 14.2. The SMILES string of the molecule is CN1CCO[C@@H]2CN(Cc3ccccc3F)C[C@@H]2C1.O=C(O)C(F)(F)F.O=C(O)C(F)(F)F. The molecule has 1 aromatic rings. The van der Waals surface area contributed by atoms with Crippen LogP contribution in [-0.4, -0.2) is 90.2 Å². The van der Waals surface area contributed by atoms with Crippen LogP contribution in [0.5, 0.6) is 0 Å². The van der Waals surface area contributed by atoms with Crippen molar-refractivity contribution in [1.82, 2.24) is 9.80 Å². The number of rotatable bonds is 2. The van der Waals surface area contributed by atoms with Crippen LogP contribution in [0.15, 0.2) is 24.3 Å². The molecule has 2 aliphatic rings. The number of ether oxygens (including phenoxy) is 1. The van der Waals surface area contributed by atoms with Gasteiger partial charge in [-0.2, -0.15) is 26.3 Å². The number of hydrogen-bond donors (Lipinski definition) is 2. The lowest BCUT2D eigenvalue weighted by Gasteiger charge is -2.19. The third-order valence-electron chi connectivity index (χ3n) is 4.64. The molecular weight excluding hydrogens is 469 g/mol. The Morgan fingerprint density at radius 3 is 2.00 bits per heavy atom. The molecule has 1 aromatic carbocycles. The summed E-state index contributed by atoms with van der Waals surface area (Å²) in [5.74, 6) is -5.06. The first-order valence-electron chi connectivity index (χ1n) is 9.47.